The highest BCUT2D eigenvalue weighted by Gasteiger charge is 2.76. The van der Waals surface area contributed by atoms with E-state index in [9.17, 15) is 44.4 Å². The third-order valence-corrected chi connectivity index (χ3v) is 13.6. The molecule has 0 spiro atoms. The number of amides is 1. The molecule has 3 aliphatic carbocycles. The van der Waals surface area contributed by atoms with Gasteiger partial charge in [-0.2, -0.15) is 0 Å². The number of fused-ring (bicyclic) bond motifs is 5. The maximum Gasteiger partial charge on any atom is 0.350 e. The van der Waals surface area contributed by atoms with E-state index in [0.717, 1.165) is 0 Å². The zero-order valence-corrected chi connectivity index (χ0v) is 34.8. The summed E-state index contributed by atoms with van der Waals surface area (Å²) in [6.45, 7) is 7.46. The number of hydrogen-bond donors (Lipinski definition) is 5. The molecule has 0 radical (unpaired) electrons. The Labute approximate surface area is 353 Å². The lowest BCUT2D eigenvalue weighted by Crippen LogP contribution is -2.81. The normalized spacial score (nSPS) is 32.3. The second-order valence-electron chi connectivity index (χ2n) is 17.4. The molecule has 14 heteroatoms. The van der Waals surface area contributed by atoms with Crippen molar-refractivity contribution in [1.82, 2.24) is 5.32 Å². The van der Waals surface area contributed by atoms with Crippen molar-refractivity contribution in [2.75, 3.05) is 6.61 Å². The summed E-state index contributed by atoms with van der Waals surface area (Å²) in [6, 6.07) is 23.3. The molecule has 324 valence electrons. The monoisotopic (exact) mass is 839 g/mol. The second kappa shape index (κ2) is 16.6. The Balaban J connectivity index is 1.35. The van der Waals surface area contributed by atoms with E-state index in [0.29, 0.717) is 12.0 Å². The zero-order chi connectivity index (χ0) is 44.1. The first-order valence-corrected chi connectivity index (χ1v) is 20.6. The van der Waals surface area contributed by atoms with Crippen LogP contribution in [0, 0.1) is 16.7 Å². The number of nitrogens with one attached hydrogen (secondary N) is 1. The molecule has 5 N–H and O–H groups in total. The fraction of sp³-hybridized carbons (Fsp3) is 0.468. The molecule has 1 saturated heterocycles. The summed E-state index contributed by atoms with van der Waals surface area (Å²) in [5.41, 5.74) is -6.99. The Morgan fingerprint density at radius 2 is 1.46 bits per heavy atom. The first-order valence-electron chi connectivity index (χ1n) is 20.6. The van der Waals surface area contributed by atoms with Crippen molar-refractivity contribution in [3.63, 3.8) is 0 Å². The number of aliphatic hydroxyl groups excluding tert-OH is 2. The average Bonchev–Trinajstić information content (AvgIpc) is 3.24. The highest BCUT2D eigenvalue weighted by molar-refractivity contribution is 5.95. The van der Waals surface area contributed by atoms with Crippen molar-refractivity contribution in [3.05, 3.63) is 119 Å². The lowest BCUT2D eigenvalue weighted by molar-refractivity contribution is -0.343. The molecule has 3 fully saturated rings. The van der Waals surface area contributed by atoms with E-state index in [2.05, 4.69) is 5.32 Å². The van der Waals surface area contributed by atoms with E-state index in [1.54, 1.807) is 99.6 Å². The zero-order valence-electron chi connectivity index (χ0n) is 34.8. The van der Waals surface area contributed by atoms with Crippen LogP contribution in [0.3, 0.4) is 0 Å². The number of ketones is 1. The van der Waals surface area contributed by atoms with Crippen molar-refractivity contribution in [1.29, 1.82) is 0 Å². The van der Waals surface area contributed by atoms with Gasteiger partial charge in [0.15, 0.2) is 5.78 Å². The largest absolute Gasteiger partial charge is 0.455 e. The second-order valence-corrected chi connectivity index (χ2v) is 17.4. The van der Waals surface area contributed by atoms with Gasteiger partial charge in [0.05, 0.1) is 29.8 Å². The number of carbonyl (C=O) groups excluding carboxylic acids is 5. The number of carbonyl (C=O) groups is 5. The summed E-state index contributed by atoms with van der Waals surface area (Å²) in [5.74, 6) is -5.81. The summed E-state index contributed by atoms with van der Waals surface area (Å²) in [4.78, 5) is 70.7. The van der Waals surface area contributed by atoms with E-state index in [1.807, 2.05) is 0 Å². The van der Waals surface area contributed by atoms with Gasteiger partial charge in [-0.3, -0.25) is 14.4 Å². The molecule has 9 unspecified atom stereocenters. The standard InChI is InChI=1S/C47H53NO13/c1-6-16-33(50)60-37(35(27-17-10-7-11-18-27)48-41(53)28-19-12-8-13-20-28)43(55)59-30-24-47(57)40(61-42(54)29-21-14-9-15-22-29)38-45(5,31(49)23-32-46(38,56)25-58-32)39(52)36(51)34(26(30)2)44(47,3)4/h7-15,17-22,30-32,35-38,40,49,51,56-57H,6,16,23-25H2,1-5H3,(H,48,53)/t30?,31?,32?,35?,36?,37?,38?,40?,45-,46+,47?/m1/s1. The van der Waals surface area contributed by atoms with Crippen LogP contribution in [0.5, 0.6) is 0 Å². The molecule has 7 rings (SSSR count). The van der Waals surface area contributed by atoms with Gasteiger partial charge in [0.25, 0.3) is 5.91 Å². The van der Waals surface area contributed by atoms with Gasteiger partial charge < -0.3 is 44.7 Å². The summed E-state index contributed by atoms with van der Waals surface area (Å²) in [5, 5.41) is 52.7. The number of Topliss-reactive ketones (excluding diaryl/α,β-unsaturated/α-hetero) is 1. The molecule has 2 bridgehead atoms. The third-order valence-electron chi connectivity index (χ3n) is 13.6. The Hall–Kier alpha value is -5.25. The highest BCUT2D eigenvalue weighted by atomic mass is 16.6. The fourth-order valence-electron chi connectivity index (χ4n) is 10.0. The highest BCUT2D eigenvalue weighted by Crippen LogP contribution is 2.63. The molecule has 1 aliphatic heterocycles. The topological polar surface area (TPSA) is 215 Å². The lowest BCUT2D eigenvalue weighted by atomic mass is 9.44. The molecule has 4 aliphatic rings. The number of aliphatic hydroxyl groups is 4. The molecule has 3 aromatic rings. The third kappa shape index (κ3) is 7.37. The van der Waals surface area contributed by atoms with Crippen molar-refractivity contribution in [3.8, 4) is 0 Å². The van der Waals surface area contributed by atoms with Crippen LogP contribution in [0.15, 0.2) is 102 Å². The van der Waals surface area contributed by atoms with Gasteiger partial charge in [-0.05, 0) is 61.2 Å². The van der Waals surface area contributed by atoms with Crippen LogP contribution in [0.1, 0.15) is 92.6 Å². The number of rotatable bonds is 11. The van der Waals surface area contributed by atoms with Crippen molar-refractivity contribution < 1.29 is 63.3 Å². The maximum absolute atomic E-state index is 14.9. The van der Waals surface area contributed by atoms with Gasteiger partial charge in [0.2, 0.25) is 6.10 Å². The summed E-state index contributed by atoms with van der Waals surface area (Å²) in [7, 11) is 0. The van der Waals surface area contributed by atoms with Crippen molar-refractivity contribution in [2.45, 2.75) is 114 Å². The maximum atomic E-state index is 14.9. The van der Waals surface area contributed by atoms with Gasteiger partial charge >= 0.3 is 17.9 Å². The smallest absolute Gasteiger partial charge is 0.350 e. The van der Waals surface area contributed by atoms with E-state index in [-0.39, 0.29) is 41.7 Å². The molecular weight excluding hydrogens is 787 g/mol. The minimum atomic E-state index is -2.34. The number of hydrogen-bond acceptors (Lipinski definition) is 13. The van der Waals surface area contributed by atoms with Crippen LogP contribution in [-0.4, -0.2) is 104 Å². The molecule has 11 atom stereocenters. The van der Waals surface area contributed by atoms with Gasteiger partial charge in [-0.1, -0.05) is 87.5 Å². The number of benzene rings is 3. The minimum Gasteiger partial charge on any atom is -0.455 e. The quantitative estimate of drug-likeness (QED) is 0.105. The molecular formula is C47H53NO13. The van der Waals surface area contributed by atoms with Crippen molar-refractivity contribution >= 4 is 29.6 Å². The van der Waals surface area contributed by atoms with Gasteiger partial charge in [0.1, 0.15) is 35.6 Å². The van der Waals surface area contributed by atoms with Gasteiger partial charge in [-0.25, -0.2) is 9.59 Å². The molecule has 2 saturated carbocycles. The van der Waals surface area contributed by atoms with Crippen LogP contribution in [0.4, 0.5) is 0 Å². The Morgan fingerprint density at radius 1 is 0.869 bits per heavy atom. The molecule has 3 aromatic carbocycles. The minimum absolute atomic E-state index is 0.0489. The van der Waals surface area contributed by atoms with E-state index in [1.165, 1.54) is 26.0 Å². The van der Waals surface area contributed by atoms with Crippen LogP contribution in [0.2, 0.25) is 0 Å². The van der Waals surface area contributed by atoms with E-state index >= 15 is 0 Å². The average molecular weight is 840 g/mol. The predicted octanol–water partition coefficient (Wildman–Crippen LogP) is 3.95. The number of esters is 3. The summed E-state index contributed by atoms with van der Waals surface area (Å²) in [6.07, 6.45) is -9.94. The first-order chi connectivity index (χ1) is 28.9. The summed E-state index contributed by atoms with van der Waals surface area (Å²) >= 11 is 0. The van der Waals surface area contributed by atoms with E-state index in [4.69, 9.17) is 18.9 Å². The van der Waals surface area contributed by atoms with Gasteiger partial charge in [0, 0.05) is 36.2 Å². The first kappa shape index (κ1) is 43.8. The molecule has 1 amide bonds. The van der Waals surface area contributed by atoms with Crippen LogP contribution < -0.4 is 5.32 Å². The fourth-order valence-corrected chi connectivity index (χ4v) is 10.0. The Morgan fingerprint density at radius 3 is 2.03 bits per heavy atom. The van der Waals surface area contributed by atoms with Crippen LogP contribution >= 0.6 is 0 Å². The number of ether oxygens (including phenoxy) is 4. The molecule has 1 heterocycles. The summed E-state index contributed by atoms with van der Waals surface area (Å²) < 4.78 is 24.0. The van der Waals surface area contributed by atoms with Crippen LogP contribution in [0.25, 0.3) is 0 Å². The molecule has 0 aromatic heterocycles. The van der Waals surface area contributed by atoms with Gasteiger partial charge in [-0.15, -0.1) is 0 Å². The molecule has 61 heavy (non-hydrogen) atoms. The Bertz CT molecular complexity index is 2190. The molecule has 14 nitrogen and oxygen atoms in total. The Kier molecular flexibility index (Phi) is 11.9. The SMILES string of the molecule is CCCC(=O)OC(C(=O)OC1CC2(O)C(OC(=O)c3ccccc3)C3[C@]4(O)COC4CC(O)[C@@]3(C)C(=O)C(O)C(=C1C)C2(C)C)C(NC(=O)c1ccccc1)c1ccccc1. The predicted molar refractivity (Wildman–Crippen MR) is 217 cm³/mol. The lowest BCUT2D eigenvalue weighted by Gasteiger charge is -2.66. The van der Waals surface area contributed by atoms with Crippen molar-refractivity contribution in [2.24, 2.45) is 16.7 Å². The van der Waals surface area contributed by atoms with Crippen LogP contribution in [-0.2, 0) is 33.3 Å². The van der Waals surface area contributed by atoms with E-state index < -0.39 is 107 Å².